The Morgan fingerprint density at radius 3 is 1.87 bits per heavy atom. The van der Waals surface area contributed by atoms with Crippen molar-refractivity contribution in [2.24, 2.45) is 0 Å². The Bertz CT molecular complexity index is 2310. The smallest absolute Gasteiger partial charge is 0.259 e. The lowest BCUT2D eigenvalue weighted by atomic mass is 9.80. The summed E-state index contributed by atoms with van der Waals surface area (Å²) in [5.41, 5.74) is 8.14. The molecule has 268 valence electrons. The summed E-state index contributed by atoms with van der Waals surface area (Å²) in [6.45, 7) is 7.72. The highest BCUT2D eigenvalue weighted by Crippen LogP contribution is 2.44. The second-order valence-electron chi connectivity index (χ2n) is 13.8. The predicted octanol–water partition coefficient (Wildman–Crippen LogP) is 9.36. The van der Waals surface area contributed by atoms with Gasteiger partial charge in [-0.3, -0.25) is 14.9 Å². The molecule has 8 rings (SSSR count). The second kappa shape index (κ2) is 15.1. The minimum absolute atomic E-state index is 0.165. The topological polar surface area (TPSA) is 69.6 Å². The van der Waals surface area contributed by atoms with Gasteiger partial charge in [0.1, 0.15) is 5.60 Å². The van der Waals surface area contributed by atoms with E-state index in [1.54, 1.807) is 0 Å². The molecule has 0 saturated heterocycles. The monoisotopic (exact) mass is 710 g/mol. The van der Waals surface area contributed by atoms with Crippen molar-refractivity contribution < 1.29 is 19.1 Å². The molecule has 1 aliphatic heterocycles. The van der Waals surface area contributed by atoms with Crippen LogP contribution >= 0.6 is 0 Å². The van der Waals surface area contributed by atoms with Gasteiger partial charge in [0.15, 0.2) is 0 Å². The molecule has 0 spiro atoms. The highest BCUT2D eigenvalue weighted by molar-refractivity contribution is 6.42. The van der Waals surface area contributed by atoms with E-state index < -0.39 is 17.4 Å². The highest BCUT2D eigenvalue weighted by Gasteiger charge is 2.39. The van der Waals surface area contributed by atoms with Crippen molar-refractivity contribution in [1.29, 1.82) is 0 Å². The summed E-state index contributed by atoms with van der Waals surface area (Å²) < 4.78 is 15.9. The van der Waals surface area contributed by atoms with Gasteiger partial charge in [-0.1, -0.05) is 153 Å². The van der Waals surface area contributed by atoms with E-state index in [9.17, 15) is 9.59 Å². The molecule has 54 heavy (non-hydrogen) atoms. The molecule has 1 atom stereocenters. The molecule has 6 nitrogen and oxygen atoms in total. The van der Waals surface area contributed by atoms with Crippen LogP contribution in [0.1, 0.15) is 53.1 Å². The summed E-state index contributed by atoms with van der Waals surface area (Å²) in [6, 6.07) is 47.0. The Morgan fingerprint density at radius 1 is 0.685 bits per heavy atom. The number of hydrogen-bond acceptors (Lipinski definition) is 4. The molecular formula is C48H42N2O4. The number of carbonyl (C=O) groups excluding carboxylic acids is 2. The highest BCUT2D eigenvalue weighted by atomic mass is 16.5. The molecule has 0 radical (unpaired) electrons. The fraction of sp³-hybridized carbons (Fsp3) is 0.167. The van der Waals surface area contributed by atoms with Crippen LogP contribution in [0, 0.1) is 0 Å². The molecule has 2 aliphatic rings. The van der Waals surface area contributed by atoms with Crippen LogP contribution in [-0.2, 0) is 31.2 Å². The maximum Gasteiger partial charge on any atom is 0.259 e. The van der Waals surface area contributed by atoms with Gasteiger partial charge in [-0.15, -0.1) is 0 Å². The molecule has 0 unspecified atom stereocenters. The molecule has 6 aromatic rings. The van der Waals surface area contributed by atoms with Crippen molar-refractivity contribution in [3.05, 3.63) is 197 Å². The number of hydrogen-bond donors (Lipinski definition) is 1. The number of ether oxygens (including phenoxy) is 2. The molecule has 0 bridgehead atoms. The van der Waals surface area contributed by atoms with Gasteiger partial charge in [0, 0.05) is 29.2 Å². The summed E-state index contributed by atoms with van der Waals surface area (Å²) in [4.78, 5) is 27.0. The average molecular weight is 711 g/mol. The largest absolute Gasteiger partial charge is 0.374 e. The molecule has 5 aromatic carbocycles. The first-order valence-electron chi connectivity index (χ1n) is 18.6. The number of allylic oxidation sites excluding steroid dienone is 2. The minimum Gasteiger partial charge on any atom is -0.374 e. The number of nitrogens with one attached hydrogen (secondary N) is 1. The summed E-state index contributed by atoms with van der Waals surface area (Å²) >= 11 is 0. The summed E-state index contributed by atoms with van der Waals surface area (Å²) in [7, 11) is 0. The zero-order valence-electron chi connectivity index (χ0n) is 30.3. The Balaban J connectivity index is 1.08. The summed E-state index contributed by atoms with van der Waals surface area (Å²) in [5, 5.41) is 3.47. The fourth-order valence-electron chi connectivity index (χ4n) is 7.98. The zero-order valence-corrected chi connectivity index (χ0v) is 30.3. The number of para-hydroxylation sites is 1. The van der Waals surface area contributed by atoms with E-state index in [0.717, 1.165) is 57.1 Å². The van der Waals surface area contributed by atoms with Crippen LogP contribution in [0.25, 0.3) is 27.6 Å². The van der Waals surface area contributed by atoms with E-state index in [0.29, 0.717) is 42.0 Å². The lowest BCUT2D eigenvalue weighted by Crippen LogP contribution is -2.36. The van der Waals surface area contributed by atoms with E-state index in [4.69, 9.17) is 9.47 Å². The van der Waals surface area contributed by atoms with Crippen LogP contribution in [0.15, 0.2) is 164 Å². The number of fused-ring (bicyclic) bond motifs is 2. The van der Waals surface area contributed by atoms with Crippen LogP contribution < -0.4 is 5.32 Å². The van der Waals surface area contributed by atoms with Crippen LogP contribution in [0.3, 0.4) is 0 Å². The predicted molar refractivity (Wildman–Crippen MR) is 215 cm³/mol. The number of rotatable bonds is 14. The number of amides is 2. The molecule has 6 heteroatoms. The number of nitrogens with zero attached hydrogens (tertiary/aromatic N) is 1. The molecule has 2 amide bonds. The fourth-order valence-corrected chi connectivity index (χ4v) is 7.98. The first-order chi connectivity index (χ1) is 26.5. The SMILES string of the molecule is C=C1C=C(C2=C(c3cn(CCO[C@@H](CCC)COC(c4ccccc4)(c4ccccc4)c4ccccc4)c4ccccc34)C(=O)NC2=O)c2ccccc21. The average Bonchev–Trinajstić information content (AvgIpc) is 3.85. The normalized spacial score (nSPS) is 14.8. The molecule has 2 heterocycles. The Labute approximate surface area is 316 Å². The first kappa shape index (κ1) is 35.0. The lowest BCUT2D eigenvalue weighted by molar-refractivity contribution is -0.123. The van der Waals surface area contributed by atoms with Gasteiger partial charge in [-0.2, -0.15) is 0 Å². The van der Waals surface area contributed by atoms with Crippen molar-refractivity contribution in [2.75, 3.05) is 13.2 Å². The number of carbonyl (C=O) groups is 2. The molecule has 0 saturated carbocycles. The van der Waals surface area contributed by atoms with Gasteiger partial charge in [0.2, 0.25) is 0 Å². The third-order valence-electron chi connectivity index (χ3n) is 10.5. The standard InChI is InChI=1S/C48H42N2O4/c1-3-17-37(32-54-48(34-18-7-4-8-19-34,35-20-9-5-10-21-35)36-22-11-6-12-23-36)53-29-28-50-31-42(40-26-15-16-27-43(40)50)45-44(46(51)49-47(45)52)41-30-33(2)38-24-13-14-25-39(38)41/h4-16,18-27,30-31,37H,2-3,17,28-29,32H2,1H3,(H,49,51,52)/t37-/m0/s1. The van der Waals surface area contributed by atoms with Gasteiger partial charge in [-0.25, -0.2) is 0 Å². The van der Waals surface area contributed by atoms with Crippen molar-refractivity contribution in [2.45, 2.75) is 38.0 Å². The van der Waals surface area contributed by atoms with Gasteiger partial charge in [-0.05, 0) is 57.5 Å². The van der Waals surface area contributed by atoms with E-state index in [1.807, 2.05) is 79.0 Å². The van der Waals surface area contributed by atoms with E-state index in [2.05, 4.69) is 96.2 Å². The molecule has 1 aromatic heterocycles. The van der Waals surface area contributed by atoms with Crippen molar-refractivity contribution >= 4 is 39.4 Å². The van der Waals surface area contributed by atoms with Crippen LogP contribution in [0.5, 0.6) is 0 Å². The number of aromatic nitrogens is 1. The van der Waals surface area contributed by atoms with E-state index in [1.165, 1.54) is 0 Å². The van der Waals surface area contributed by atoms with Gasteiger partial charge in [0.25, 0.3) is 11.8 Å². The van der Waals surface area contributed by atoms with Gasteiger partial charge < -0.3 is 14.0 Å². The quantitative estimate of drug-likeness (QED) is 0.0904. The third kappa shape index (κ3) is 6.34. The number of imide groups is 1. The van der Waals surface area contributed by atoms with Gasteiger partial charge in [0.05, 0.1) is 30.5 Å². The lowest BCUT2D eigenvalue weighted by Gasteiger charge is -2.37. The van der Waals surface area contributed by atoms with Gasteiger partial charge >= 0.3 is 0 Å². The summed E-state index contributed by atoms with van der Waals surface area (Å²) in [6.07, 6.45) is 5.48. The second-order valence-corrected chi connectivity index (χ2v) is 13.8. The summed E-state index contributed by atoms with van der Waals surface area (Å²) in [5.74, 6) is -0.796. The Kier molecular flexibility index (Phi) is 9.79. The third-order valence-corrected chi connectivity index (χ3v) is 10.5. The maximum absolute atomic E-state index is 13.5. The van der Waals surface area contributed by atoms with Crippen molar-refractivity contribution in [3.8, 4) is 0 Å². The van der Waals surface area contributed by atoms with E-state index >= 15 is 0 Å². The van der Waals surface area contributed by atoms with Crippen molar-refractivity contribution in [3.63, 3.8) is 0 Å². The first-order valence-corrected chi connectivity index (χ1v) is 18.6. The Hall–Kier alpha value is -6.08. The minimum atomic E-state index is -0.836. The van der Waals surface area contributed by atoms with Crippen LogP contribution in [0.2, 0.25) is 0 Å². The van der Waals surface area contributed by atoms with Crippen LogP contribution in [0.4, 0.5) is 0 Å². The molecule has 0 fully saturated rings. The van der Waals surface area contributed by atoms with Crippen LogP contribution in [-0.4, -0.2) is 35.7 Å². The van der Waals surface area contributed by atoms with Crippen molar-refractivity contribution in [1.82, 2.24) is 9.88 Å². The molecule has 1 N–H and O–H groups in total. The van der Waals surface area contributed by atoms with E-state index in [-0.39, 0.29) is 6.10 Å². The Morgan fingerprint density at radius 2 is 1.24 bits per heavy atom. The number of benzene rings is 5. The molecule has 1 aliphatic carbocycles. The molecular weight excluding hydrogens is 669 g/mol. The zero-order chi connectivity index (χ0) is 37.1. The maximum atomic E-state index is 13.5.